The zero-order valence-electron chi connectivity index (χ0n) is 22.1. The summed E-state index contributed by atoms with van der Waals surface area (Å²) in [4.78, 5) is 41.0. The van der Waals surface area contributed by atoms with Crippen molar-refractivity contribution in [1.29, 1.82) is 0 Å². The Kier molecular flexibility index (Phi) is 9.93. The second-order valence-corrected chi connectivity index (χ2v) is 10.3. The minimum atomic E-state index is -1.23. The highest BCUT2D eigenvalue weighted by molar-refractivity contribution is 6.34. The Balaban J connectivity index is 2.53. The first-order chi connectivity index (χ1) is 17.3. The third-order valence-corrected chi connectivity index (χ3v) is 5.74. The fraction of sp³-hybridized carbons (Fsp3) is 0.345. The van der Waals surface area contributed by atoms with E-state index in [1.807, 2.05) is 6.07 Å². The molecule has 0 heterocycles. The van der Waals surface area contributed by atoms with E-state index in [4.69, 9.17) is 22.8 Å². The maximum Gasteiger partial charge on any atom is 0.408 e. The van der Waals surface area contributed by atoms with E-state index in [1.165, 1.54) is 0 Å². The first-order valence-corrected chi connectivity index (χ1v) is 12.2. The Morgan fingerprint density at radius 3 is 2.35 bits per heavy atom. The maximum absolute atomic E-state index is 13.8. The highest BCUT2D eigenvalue weighted by Gasteiger charge is 2.37. The van der Waals surface area contributed by atoms with E-state index in [0.29, 0.717) is 16.3 Å². The summed E-state index contributed by atoms with van der Waals surface area (Å²) in [6, 6.07) is 12.3. The van der Waals surface area contributed by atoms with Crippen LogP contribution in [0.25, 0.3) is 6.08 Å². The number of rotatable bonds is 8. The van der Waals surface area contributed by atoms with Gasteiger partial charge in [0.1, 0.15) is 17.7 Å². The van der Waals surface area contributed by atoms with Gasteiger partial charge in [0.25, 0.3) is 11.8 Å². The molecular formula is C29H34ClN3O4. The lowest BCUT2D eigenvalue weighted by Gasteiger charge is -2.32. The fourth-order valence-corrected chi connectivity index (χ4v) is 3.89. The summed E-state index contributed by atoms with van der Waals surface area (Å²) in [5.74, 6) is -1.56. The van der Waals surface area contributed by atoms with Gasteiger partial charge in [-0.05, 0) is 62.4 Å². The second kappa shape index (κ2) is 12.5. The Hall–Kier alpha value is -3.76. The molecule has 0 radical (unpaired) electrons. The Labute approximate surface area is 224 Å². The van der Waals surface area contributed by atoms with E-state index in [9.17, 15) is 14.4 Å². The molecule has 196 valence electrons. The average Bonchev–Trinajstić information content (AvgIpc) is 2.81. The van der Waals surface area contributed by atoms with Crippen LogP contribution in [0.2, 0.25) is 5.02 Å². The van der Waals surface area contributed by atoms with E-state index in [0.717, 1.165) is 16.0 Å². The van der Waals surface area contributed by atoms with Crippen LogP contribution in [0.4, 0.5) is 10.5 Å². The van der Waals surface area contributed by atoms with Gasteiger partial charge in [-0.1, -0.05) is 74.9 Å². The highest BCUT2D eigenvalue weighted by atomic mass is 35.5. The van der Waals surface area contributed by atoms with Crippen molar-refractivity contribution in [3.05, 3.63) is 70.8 Å². The molecule has 2 atom stereocenters. The number of halogens is 1. The van der Waals surface area contributed by atoms with E-state index in [1.54, 1.807) is 84.0 Å². The molecule has 0 aliphatic rings. The van der Waals surface area contributed by atoms with Gasteiger partial charge in [0.05, 0.1) is 10.7 Å². The fourth-order valence-electron chi connectivity index (χ4n) is 3.62. The maximum atomic E-state index is 13.8. The van der Waals surface area contributed by atoms with E-state index < -0.39 is 35.6 Å². The van der Waals surface area contributed by atoms with Gasteiger partial charge in [-0.15, -0.1) is 0 Å². The van der Waals surface area contributed by atoms with E-state index in [2.05, 4.69) is 23.3 Å². The van der Waals surface area contributed by atoms with Crippen LogP contribution in [-0.4, -0.2) is 34.5 Å². The van der Waals surface area contributed by atoms with E-state index >= 15 is 0 Å². The molecule has 0 fully saturated rings. The molecule has 0 aromatic heterocycles. The molecule has 2 unspecified atom stereocenters. The van der Waals surface area contributed by atoms with Gasteiger partial charge in [0.2, 0.25) is 0 Å². The number of nitrogens with one attached hydrogen (secondary N) is 2. The Morgan fingerprint density at radius 1 is 1.16 bits per heavy atom. The lowest BCUT2D eigenvalue weighted by Crippen LogP contribution is -2.53. The van der Waals surface area contributed by atoms with Crippen molar-refractivity contribution in [1.82, 2.24) is 10.2 Å². The van der Waals surface area contributed by atoms with Gasteiger partial charge >= 0.3 is 6.09 Å². The van der Waals surface area contributed by atoms with Crippen molar-refractivity contribution in [3.8, 4) is 12.5 Å². The summed E-state index contributed by atoms with van der Waals surface area (Å²) in [5.41, 5.74) is 1.59. The van der Waals surface area contributed by atoms with Crippen molar-refractivity contribution in [2.45, 2.75) is 59.2 Å². The van der Waals surface area contributed by atoms with Crippen LogP contribution >= 0.6 is 11.6 Å². The van der Waals surface area contributed by atoms with Gasteiger partial charge < -0.3 is 15.4 Å². The van der Waals surface area contributed by atoms with Crippen LogP contribution in [0.3, 0.4) is 0 Å². The number of ether oxygens (including phenoxy) is 1. The summed E-state index contributed by atoms with van der Waals surface area (Å²) in [6.07, 6.45) is 6.69. The molecule has 0 saturated carbocycles. The first kappa shape index (κ1) is 29.5. The average molecular weight is 524 g/mol. The van der Waals surface area contributed by atoms with Crippen molar-refractivity contribution in [2.24, 2.45) is 5.92 Å². The summed E-state index contributed by atoms with van der Waals surface area (Å²) >= 11 is 6.34. The Morgan fingerprint density at radius 2 is 1.81 bits per heavy atom. The molecular weight excluding hydrogens is 490 g/mol. The van der Waals surface area contributed by atoms with Crippen LogP contribution in [0.15, 0.2) is 49.0 Å². The predicted octanol–water partition coefficient (Wildman–Crippen LogP) is 5.94. The van der Waals surface area contributed by atoms with Crippen molar-refractivity contribution in [2.75, 3.05) is 5.32 Å². The van der Waals surface area contributed by atoms with Crippen molar-refractivity contribution in [3.63, 3.8) is 0 Å². The number of hydrogen-bond donors (Lipinski definition) is 2. The smallest absolute Gasteiger partial charge is 0.408 e. The molecule has 2 rings (SSSR count). The number of carbonyl (C=O) groups excluding carboxylic acids is 3. The number of amides is 3. The van der Waals surface area contributed by atoms with Crippen LogP contribution in [0.1, 0.15) is 57.4 Å². The van der Waals surface area contributed by atoms with Crippen LogP contribution in [0.5, 0.6) is 0 Å². The van der Waals surface area contributed by atoms with Crippen LogP contribution < -0.4 is 10.6 Å². The SMILES string of the molecule is C#CN(C(=O)C(NC(=O)OC(C)(C)C)C(C)C)C(C(=O)Nc1c(C)cccc1Cl)c1cccc(C=C)c1. The number of carbonyl (C=O) groups is 3. The molecule has 0 saturated heterocycles. The molecule has 7 nitrogen and oxygen atoms in total. The number of hydrogen-bond acceptors (Lipinski definition) is 4. The molecule has 2 N–H and O–H groups in total. The van der Waals surface area contributed by atoms with Gasteiger partial charge in [-0.3, -0.25) is 14.5 Å². The highest BCUT2D eigenvalue weighted by Crippen LogP contribution is 2.30. The predicted molar refractivity (Wildman–Crippen MR) is 148 cm³/mol. The molecule has 2 aromatic carbocycles. The molecule has 0 aliphatic carbocycles. The lowest BCUT2D eigenvalue weighted by atomic mass is 9.98. The molecule has 8 heteroatoms. The van der Waals surface area contributed by atoms with E-state index in [-0.39, 0.29) is 5.92 Å². The van der Waals surface area contributed by atoms with Gasteiger partial charge in [-0.2, -0.15) is 0 Å². The molecule has 2 aromatic rings. The first-order valence-electron chi connectivity index (χ1n) is 11.9. The minimum absolute atomic E-state index is 0.345. The van der Waals surface area contributed by atoms with Gasteiger partial charge in [0.15, 0.2) is 0 Å². The number of aryl methyl sites for hydroxylation is 1. The number of terminal acetylenes is 1. The van der Waals surface area contributed by atoms with Crippen molar-refractivity contribution < 1.29 is 19.1 Å². The summed E-state index contributed by atoms with van der Waals surface area (Å²) in [7, 11) is 0. The monoisotopic (exact) mass is 523 g/mol. The normalized spacial score (nSPS) is 12.6. The number of para-hydroxylation sites is 1. The standard InChI is InChI=1S/C29H34ClN3O4/c1-9-20-14-12-15-21(17-20)25(26(34)31-24-19(5)13-11-16-22(24)30)33(10-2)27(35)23(18(3)4)32-28(36)37-29(6,7)8/h2,9,11-18,23,25H,1H2,3-8H3,(H,31,34)(H,32,36). The summed E-state index contributed by atoms with van der Waals surface area (Å²) < 4.78 is 5.33. The zero-order chi connectivity index (χ0) is 27.9. The quantitative estimate of drug-likeness (QED) is 0.331. The zero-order valence-corrected chi connectivity index (χ0v) is 22.8. The molecule has 0 bridgehead atoms. The van der Waals surface area contributed by atoms with Gasteiger partial charge in [0, 0.05) is 6.04 Å². The Bertz CT molecular complexity index is 1190. The number of nitrogens with zero attached hydrogens (tertiary/aromatic N) is 1. The van der Waals surface area contributed by atoms with Crippen LogP contribution in [0, 0.1) is 25.3 Å². The molecule has 37 heavy (non-hydrogen) atoms. The third-order valence-electron chi connectivity index (χ3n) is 5.42. The molecule has 0 aliphatic heterocycles. The second-order valence-electron chi connectivity index (χ2n) is 9.90. The topological polar surface area (TPSA) is 87.7 Å². The summed E-state index contributed by atoms with van der Waals surface area (Å²) in [5, 5.41) is 5.78. The largest absolute Gasteiger partial charge is 0.444 e. The number of anilines is 1. The van der Waals surface area contributed by atoms with Crippen LogP contribution in [-0.2, 0) is 14.3 Å². The van der Waals surface area contributed by atoms with Gasteiger partial charge in [-0.25, -0.2) is 4.79 Å². The molecule has 3 amide bonds. The number of alkyl carbamates (subject to hydrolysis) is 1. The third kappa shape index (κ3) is 7.86. The molecule has 0 spiro atoms. The minimum Gasteiger partial charge on any atom is -0.444 e. The van der Waals surface area contributed by atoms with Crippen molar-refractivity contribution >= 4 is 41.3 Å². The summed E-state index contributed by atoms with van der Waals surface area (Å²) in [6.45, 7) is 14.3. The number of benzene rings is 2. The lowest BCUT2D eigenvalue weighted by molar-refractivity contribution is -0.137.